The van der Waals surface area contributed by atoms with Gasteiger partial charge in [0.25, 0.3) is 0 Å². The molecule has 1 heterocycles. The van der Waals surface area contributed by atoms with Gasteiger partial charge in [-0.25, -0.2) is 0 Å². The van der Waals surface area contributed by atoms with Crippen LogP contribution in [-0.2, 0) is 6.54 Å². The van der Waals surface area contributed by atoms with E-state index in [1.165, 1.54) is 38.0 Å². The lowest BCUT2D eigenvalue weighted by molar-refractivity contribution is 0.282. The zero-order valence-electron chi connectivity index (χ0n) is 12.8. The summed E-state index contributed by atoms with van der Waals surface area (Å²) in [6.45, 7) is 8.03. The third-order valence-corrected chi connectivity index (χ3v) is 5.03. The molecule has 1 aromatic rings. The van der Waals surface area contributed by atoms with Crippen molar-refractivity contribution >= 4 is 31.9 Å². The van der Waals surface area contributed by atoms with Crippen LogP contribution in [0.5, 0.6) is 5.75 Å². The lowest BCUT2D eigenvalue weighted by atomic mass is 10.1. The van der Waals surface area contributed by atoms with Crippen LogP contribution in [-0.4, -0.2) is 38.2 Å². The summed E-state index contributed by atoms with van der Waals surface area (Å²) in [6, 6.07) is 4.23. The number of nitrogens with one attached hydrogen (secondary N) is 1. The fraction of sp³-hybridized carbons (Fsp3) is 0.625. The van der Waals surface area contributed by atoms with Crippen LogP contribution in [0.4, 0.5) is 0 Å². The molecule has 1 aliphatic heterocycles. The molecule has 0 amide bonds. The number of hydrogen-bond acceptors (Lipinski definition) is 3. The molecule has 1 atom stereocenters. The molecule has 2 rings (SSSR count). The van der Waals surface area contributed by atoms with Gasteiger partial charge < -0.3 is 15.0 Å². The molecule has 1 unspecified atom stereocenters. The van der Waals surface area contributed by atoms with Crippen molar-refractivity contribution in [2.24, 2.45) is 5.92 Å². The lowest BCUT2D eigenvalue weighted by Gasteiger charge is -2.20. The van der Waals surface area contributed by atoms with E-state index < -0.39 is 0 Å². The molecule has 0 saturated carbocycles. The lowest BCUT2D eigenvalue weighted by Crippen LogP contribution is -2.31. The molecular formula is C16H24Br2N2O. The van der Waals surface area contributed by atoms with E-state index in [2.05, 4.69) is 61.1 Å². The van der Waals surface area contributed by atoms with Crippen LogP contribution in [0.25, 0.3) is 0 Å². The molecule has 0 aliphatic carbocycles. The van der Waals surface area contributed by atoms with Gasteiger partial charge in [-0.3, -0.25) is 0 Å². The van der Waals surface area contributed by atoms with Gasteiger partial charge in [0.15, 0.2) is 0 Å². The Morgan fingerprint density at radius 3 is 2.43 bits per heavy atom. The first-order chi connectivity index (χ1) is 10.1. The van der Waals surface area contributed by atoms with Gasteiger partial charge in [-0.05, 0) is 87.9 Å². The average Bonchev–Trinajstić information content (AvgIpc) is 2.91. The second kappa shape index (κ2) is 8.51. The van der Waals surface area contributed by atoms with E-state index >= 15 is 0 Å². The van der Waals surface area contributed by atoms with Crippen molar-refractivity contribution < 1.29 is 4.74 Å². The molecule has 1 aromatic carbocycles. The highest BCUT2D eigenvalue weighted by Crippen LogP contribution is 2.34. The van der Waals surface area contributed by atoms with Gasteiger partial charge in [0.2, 0.25) is 0 Å². The Morgan fingerprint density at radius 2 is 1.86 bits per heavy atom. The number of methoxy groups -OCH3 is 1. The van der Waals surface area contributed by atoms with Gasteiger partial charge in [-0.2, -0.15) is 0 Å². The second-order valence-electron chi connectivity index (χ2n) is 5.84. The van der Waals surface area contributed by atoms with E-state index in [9.17, 15) is 0 Å². The molecule has 1 fully saturated rings. The molecule has 0 bridgehead atoms. The van der Waals surface area contributed by atoms with Crippen LogP contribution >= 0.6 is 31.9 Å². The van der Waals surface area contributed by atoms with Crippen LogP contribution in [0.1, 0.15) is 25.3 Å². The highest BCUT2D eigenvalue weighted by Gasteiger charge is 2.14. The van der Waals surface area contributed by atoms with E-state index in [4.69, 9.17) is 4.74 Å². The number of benzene rings is 1. The molecular weight excluding hydrogens is 396 g/mol. The molecule has 21 heavy (non-hydrogen) atoms. The fourth-order valence-corrected chi connectivity index (χ4v) is 4.45. The first-order valence-electron chi connectivity index (χ1n) is 7.55. The number of hydrogen-bond donors (Lipinski definition) is 1. The first-order valence-corrected chi connectivity index (χ1v) is 9.13. The Hall–Kier alpha value is -0.100. The van der Waals surface area contributed by atoms with Gasteiger partial charge in [-0.15, -0.1) is 0 Å². The smallest absolute Gasteiger partial charge is 0.147 e. The molecule has 0 spiro atoms. The van der Waals surface area contributed by atoms with Gasteiger partial charge in [0.1, 0.15) is 5.75 Å². The van der Waals surface area contributed by atoms with Crippen molar-refractivity contribution in [3.8, 4) is 5.75 Å². The standard InChI is InChI=1S/C16H24Br2N2O/c1-12(11-20-5-3-4-6-20)9-19-10-13-7-14(17)16(21-2)15(18)8-13/h7-8,12,19H,3-6,9-11H2,1-2H3. The maximum absolute atomic E-state index is 5.33. The van der Waals surface area contributed by atoms with Crippen molar-refractivity contribution in [2.45, 2.75) is 26.3 Å². The largest absolute Gasteiger partial charge is 0.494 e. The number of likely N-dealkylation sites (tertiary alicyclic amines) is 1. The number of nitrogens with zero attached hydrogens (tertiary/aromatic N) is 1. The first kappa shape index (κ1) is 17.3. The zero-order valence-corrected chi connectivity index (χ0v) is 16.0. The highest BCUT2D eigenvalue weighted by atomic mass is 79.9. The maximum atomic E-state index is 5.33. The summed E-state index contributed by atoms with van der Waals surface area (Å²) in [7, 11) is 1.68. The van der Waals surface area contributed by atoms with Gasteiger partial charge >= 0.3 is 0 Å². The van der Waals surface area contributed by atoms with E-state index in [0.29, 0.717) is 5.92 Å². The predicted octanol–water partition coefficient (Wildman–Crippen LogP) is 4.04. The minimum absolute atomic E-state index is 0.688. The van der Waals surface area contributed by atoms with Crippen LogP contribution in [0.3, 0.4) is 0 Å². The monoisotopic (exact) mass is 418 g/mol. The van der Waals surface area contributed by atoms with Crippen LogP contribution in [0, 0.1) is 5.92 Å². The molecule has 0 radical (unpaired) electrons. The Labute approximate surface area is 144 Å². The number of ether oxygens (including phenoxy) is 1. The second-order valence-corrected chi connectivity index (χ2v) is 7.55. The minimum Gasteiger partial charge on any atom is -0.494 e. The van der Waals surface area contributed by atoms with Crippen LogP contribution < -0.4 is 10.1 Å². The van der Waals surface area contributed by atoms with Crippen molar-refractivity contribution in [2.75, 3.05) is 33.3 Å². The van der Waals surface area contributed by atoms with Gasteiger partial charge in [0.05, 0.1) is 16.1 Å². The van der Waals surface area contributed by atoms with Crippen LogP contribution in [0.2, 0.25) is 0 Å². The summed E-state index contributed by atoms with van der Waals surface area (Å²) in [5.41, 5.74) is 1.25. The summed E-state index contributed by atoms with van der Waals surface area (Å²) in [5.74, 6) is 1.54. The normalized spacial score (nSPS) is 17.1. The Bertz CT molecular complexity index is 439. The summed E-state index contributed by atoms with van der Waals surface area (Å²) in [6.07, 6.45) is 2.74. The summed E-state index contributed by atoms with van der Waals surface area (Å²) >= 11 is 7.10. The summed E-state index contributed by atoms with van der Waals surface area (Å²) in [4.78, 5) is 2.58. The Morgan fingerprint density at radius 1 is 1.24 bits per heavy atom. The van der Waals surface area contributed by atoms with Gasteiger partial charge in [-0.1, -0.05) is 6.92 Å². The number of halogens is 2. The molecule has 1 saturated heterocycles. The van der Waals surface area contributed by atoms with Crippen molar-refractivity contribution in [3.63, 3.8) is 0 Å². The molecule has 3 nitrogen and oxygen atoms in total. The zero-order chi connectivity index (χ0) is 15.2. The fourth-order valence-electron chi connectivity index (χ4n) is 2.84. The van der Waals surface area contributed by atoms with E-state index in [1.807, 2.05) is 0 Å². The average molecular weight is 420 g/mol. The topological polar surface area (TPSA) is 24.5 Å². The molecule has 0 aromatic heterocycles. The molecule has 5 heteroatoms. The minimum atomic E-state index is 0.688. The molecule has 118 valence electrons. The van der Waals surface area contributed by atoms with E-state index in [0.717, 1.165) is 27.8 Å². The third-order valence-electron chi connectivity index (χ3n) is 3.85. The number of rotatable bonds is 7. The highest BCUT2D eigenvalue weighted by molar-refractivity contribution is 9.11. The van der Waals surface area contributed by atoms with Gasteiger partial charge in [0, 0.05) is 13.1 Å². The Balaban J connectivity index is 1.77. The summed E-state index contributed by atoms with van der Waals surface area (Å²) in [5, 5.41) is 3.56. The molecule has 1 N–H and O–H groups in total. The van der Waals surface area contributed by atoms with Crippen molar-refractivity contribution in [1.82, 2.24) is 10.2 Å². The van der Waals surface area contributed by atoms with E-state index in [1.54, 1.807) is 7.11 Å². The van der Waals surface area contributed by atoms with Crippen LogP contribution in [0.15, 0.2) is 21.1 Å². The maximum Gasteiger partial charge on any atom is 0.147 e. The van der Waals surface area contributed by atoms with Crippen molar-refractivity contribution in [1.29, 1.82) is 0 Å². The third kappa shape index (κ3) is 5.23. The summed E-state index contributed by atoms with van der Waals surface area (Å²) < 4.78 is 7.30. The quantitative estimate of drug-likeness (QED) is 0.721. The predicted molar refractivity (Wildman–Crippen MR) is 94.9 cm³/mol. The van der Waals surface area contributed by atoms with Crippen molar-refractivity contribution in [3.05, 3.63) is 26.6 Å². The van der Waals surface area contributed by atoms with E-state index in [-0.39, 0.29) is 0 Å². The molecule has 1 aliphatic rings. The SMILES string of the molecule is COc1c(Br)cc(CNCC(C)CN2CCCC2)cc1Br. The Kier molecular flexibility index (Phi) is 6.99.